The third-order valence-corrected chi connectivity index (χ3v) is 26.9. The van der Waals surface area contributed by atoms with Crippen molar-refractivity contribution < 1.29 is 54.0 Å². The molecule has 6 fully saturated rings. The minimum atomic E-state index is -6.17. The van der Waals surface area contributed by atoms with Crippen molar-refractivity contribution in [1.82, 2.24) is 39.9 Å². The molecule has 0 radical (unpaired) electrons. The SMILES string of the molecule is CCC12CC(C3=C(CN4CCN(c5ccc(C(=O)NS(=O)(=O)c6ccc(N[C@H](CCN7CCN(C(=O)CCCCC(=O)N[C@H](C(=O)N8CCC[C@H]8C(=O)NCc8ccc(-c9scnc9C)cc8)C(C)(C)C)CC7)CSc7ccccc7)c(S(=O)(=O)C(F)(F)F)c6)cc5)CC4)CCC(C)(C)C3)(C1)C2. The zero-order valence-electron chi connectivity index (χ0n) is 59.8. The van der Waals surface area contributed by atoms with E-state index in [4.69, 9.17) is 0 Å². The number of allylic oxidation sites excluding steroid dienone is 1. The van der Waals surface area contributed by atoms with Crippen molar-refractivity contribution in [2.24, 2.45) is 21.7 Å². The summed E-state index contributed by atoms with van der Waals surface area (Å²) in [6.45, 7) is 21.8. The number of hydrogen-bond donors (Lipinski definition) is 4. The summed E-state index contributed by atoms with van der Waals surface area (Å²) in [6, 6.07) is 23.8. The van der Waals surface area contributed by atoms with E-state index in [1.807, 2.05) is 92.5 Å². The molecule has 7 aliphatic rings. The number of thioether (sulfide) groups is 1. The summed E-state index contributed by atoms with van der Waals surface area (Å²) in [4.78, 5) is 82.7. The van der Waals surface area contributed by atoms with Crippen LogP contribution < -0.4 is 25.6 Å². The molecule has 4 N–H and O–H groups in total. The van der Waals surface area contributed by atoms with Gasteiger partial charge in [-0.05, 0) is 165 Å². The van der Waals surface area contributed by atoms with Crippen LogP contribution in [0.3, 0.4) is 0 Å². The second kappa shape index (κ2) is 31.5. The summed E-state index contributed by atoms with van der Waals surface area (Å²) in [6.07, 6.45) is 11.4. The van der Waals surface area contributed by atoms with Gasteiger partial charge in [0.2, 0.25) is 23.6 Å². The van der Waals surface area contributed by atoms with E-state index in [0.29, 0.717) is 100 Å². The van der Waals surface area contributed by atoms with E-state index in [0.717, 1.165) is 83.6 Å². The van der Waals surface area contributed by atoms with Crippen LogP contribution in [0, 0.1) is 28.6 Å². The summed E-state index contributed by atoms with van der Waals surface area (Å²) in [5.41, 5.74) is 3.33. The molecule has 3 saturated carbocycles. The highest BCUT2D eigenvalue weighted by Gasteiger charge is 2.68. The number of nitrogens with zero attached hydrogens (tertiary/aromatic N) is 6. The number of nitrogens with one attached hydrogen (secondary N) is 4. The van der Waals surface area contributed by atoms with Crippen molar-refractivity contribution in [2.45, 2.75) is 183 Å². The number of likely N-dealkylation sites (tertiary alicyclic amines) is 1. The Morgan fingerprint density at radius 2 is 1.48 bits per heavy atom. The van der Waals surface area contributed by atoms with Crippen molar-refractivity contribution in [1.29, 1.82) is 0 Å². The summed E-state index contributed by atoms with van der Waals surface area (Å²) in [5, 5.41) is 8.99. The Bertz CT molecular complexity index is 4090. The Morgan fingerprint density at radius 3 is 2.13 bits per heavy atom. The highest BCUT2D eigenvalue weighted by atomic mass is 32.2. The Balaban J connectivity index is 0.646. The number of carbonyl (C=O) groups is 5. The van der Waals surface area contributed by atoms with Crippen LogP contribution in [0.1, 0.15) is 153 Å². The first kappa shape index (κ1) is 76.3. The second-order valence-electron chi connectivity index (χ2n) is 30.9. The first-order chi connectivity index (χ1) is 48.3. The number of halogens is 3. The summed E-state index contributed by atoms with van der Waals surface area (Å²) >= 11 is 2.97. The quantitative estimate of drug-likeness (QED) is 0.0207. The van der Waals surface area contributed by atoms with E-state index in [9.17, 15) is 54.0 Å². The molecular formula is C76H99F3N10O9S4. The number of sulfonamides is 1. The van der Waals surface area contributed by atoms with E-state index < -0.39 is 70.3 Å². The molecule has 4 heterocycles. The van der Waals surface area contributed by atoms with Crippen LogP contribution in [0.5, 0.6) is 0 Å². The largest absolute Gasteiger partial charge is 0.501 e. The van der Waals surface area contributed by atoms with Gasteiger partial charge in [-0.15, -0.1) is 23.1 Å². The van der Waals surface area contributed by atoms with Gasteiger partial charge in [0.15, 0.2) is 0 Å². The van der Waals surface area contributed by atoms with Gasteiger partial charge in [-0.1, -0.05) is 102 Å². The zero-order chi connectivity index (χ0) is 73.0. The minimum absolute atomic E-state index is 0.0153. The number of aromatic nitrogens is 1. The molecule has 0 unspecified atom stereocenters. The molecule has 552 valence electrons. The van der Waals surface area contributed by atoms with Crippen LogP contribution in [-0.2, 0) is 45.6 Å². The van der Waals surface area contributed by atoms with Gasteiger partial charge < -0.3 is 30.7 Å². The third-order valence-electron chi connectivity index (χ3n) is 21.9. The second-order valence-corrected chi connectivity index (χ2v) is 36.4. The molecule has 3 saturated heterocycles. The van der Waals surface area contributed by atoms with Crippen LogP contribution in [0.15, 0.2) is 128 Å². The van der Waals surface area contributed by atoms with Crippen molar-refractivity contribution in [3.63, 3.8) is 0 Å². The molecule has 5 amide bonds. The number of aryl methyl sites for hydroxylation is 1. The molecule has 4 aliphatic carbocycles. The van der Waals surface area contributed by atoms with E-state index in [2.05, 4.69) is 56.4 Å². The van der Waals surface area contributed by atoms with Gasteiger partial charge in [-0.2, -0.15) is 13.2 Å². The van der Waals surface area contributed by atoms with Gasteiger partial charge in [0.25, 0.3) is 25.8 Å². The first-order valence-electron chi connectivity index (χ1n) is 36.0. The first-order valence-corrected chi connectivity index (χ1v) is 40.8. The van der Waals surface area contributed by atoms with Gasteiger partial charge in [0.05, 0.1) is 26.7 Å². The Hall–Kier alpha value is -6.84. The highest BCUT2D eigenvalue weighted by molar-refractivity contribution is 7.99. The molecule has 26 heteroatoms. The lowest BCUT2D eigenvalue weighted by Crippen LogP contribution is -2.63. The monoisotopic (exact) mass is 1480 g/mol. The Labute approximate surface area is 607 Å². The van der Waals surface area contributed by atoms with Gasteiger partial charge in [0.1, 0.15) is 17.0 Å². The van der Waals surface area contributed by atoms with Crippen molar-refractivity contribution >= 4 is 83.9 Å². The molecule has 0 spiro atoms. The Kier molecular flexibility index (Phi) is 23.5. The van der Waals surface area contributed by atoms with E-state index in [-0.39, 0.29) is 47.8 Å². The maximum absolute atomic E-state index is 14.6. The van der Waals surface area contributed by atoms with Gasteiger partial charge in [-0.3, -0.25) is 33.8 Å². The average Bonchev–Trinajstić information content (AvgIpc) is 0.710. The minimum Gasteiger partial charge on any atom is -0.380 e. The fourth-order valence-corrected chi connectivity index (χ4v) is 19.6. The number of rotatable bonds is 28. The molecular weight excluding hydrogens is 1380 g/mol. The summed E-state index contributed by atoms with van der Waals surface area (Å²) in [5.74, 6) is -1.76. The number of unbranched alkanes of at least 4 members (excludes halogenated alkanes) is 1. The molecule has 2 bridgehead atoms. The van der Waals surface area contributed by atoms with Crippen molar-refractivity contribution in [2.75, 3.05) is 88.0 Å². The van der Waals surface area contributed by atoms with Crippen LogP contribution in [0.25, 0.3) is 10.4 Å². The molecule has 1 aromatic heterocycles. The van der Waals surface area contributed by atoms with Crippen molar-refractivity contribution in [3.8, 4) is 10.4 Å². The number of amides is 5. The molecule has 3 atom stereocenters. The van der Waals surface area contributed by atoms with E-state index >= 15 is 0 Å². The fraction of sp³-hybridized carbons (Fsp3) is 0.553. The van der Waals surface area contributed by atoms with E-state index in [1.165, 1.54) is 62.4 Å². The summed E-state index contributed by atoms with van der Waals surface area (Å²) < 4.78 is 100. The predicted octanol–water partition coefficient (Wildman–Crippen LogP) is 12.2. The number of carbonyl (C=O) groups excluding carboxylic acids is 5. The lowest BCUT2D eigenvalue weighted by Gasteiger charge is -2.73. The lowest BCUT2D eigenvalue weighted by atomic mass is 9.31. The van der Waals surface area contributed by atoms with Crippen LogP contribution >= 0.6 is 23.1 Å². The van der Waals surface area contributed by atoms with E-state index in [1.54, 1.807) is 44.4 Å². The zero-order valence-corrected chi connectivity index (χ0v) is 63.0. The topological polar surface area (TPSA) is 231 Å². The number of hydrogen-bond acceptors (Lipinski definition) is 16. The third kappa shape index (κ3) is 17.9. The van der Waals surface area contributed by atoms with Gasteiger partial charge >= 0.3 is 5.51 Å². The highest BCUT2D eigenvalue weighted by Crippen LogP contribution is 2.79. The average molecular weight is 1480 g/mol. The molecule has 4 aromatic carbocycles. The number of thiazole rings is 1. The van der Waals surface area contributed by atoms with Gasteiger partial charge in [0, 0.05) is 119 Å². The molecule has 5 aromatic rings. The number of sulfone groups is 1. The number of benzene rings is 4. The standard InChI is InChI=1S/C76H99F3N10O9S4/c1-8-74-48-75(49-74,50-74)61-44-73(6,7)32-30-56(61)46-86-37-39-87(40-38-86)58-26-24-55(25-27-58)69(92)84-102(97,98)60-28-29-62(64(43-60)101(95,96)76(77,78)79)82-57(47-99-59-15-10-9-11-16-59)31-34-85-35-41-88(42-36-85)66(91)19-13-12-18-65(90)83-68(72(3,4)5)71(94)89-33-14-17-63(89)70(93)80-45-53-20-22-54(23-21-53)67-52(2)81-51-100-67/h9-11,15-16,20-29,43,51,57,63,68,82H,8,12-14,17-19,30-42,44-50H2,1-7H3,(H,80,93)(H,83,90)(H,84,92)/t57-,63+,68-,74?,75?/m1/s1. The lowest BCUT2D eigenvalue weighted by molar-refractivity contribution is -0.182. The number of alkyl halides is 3. The number of anilines is 2. The van der Waals surface area contributed by atoms with Gasteiger partial charge in [-0.25, -0.2) is 26.5 Å². The normalized spacial score (nSPS) is 21.7. The summed E-state index contributed by atoms with van der Waals surface area (Å²) in [7, 11) is -11.1. The maximum atomic E-state index is 14.6. The van der Waals surface area contributed by atoms with Crippen molar-refractivity contribution in [3.05, 3.63) is 131 Å². The van der Waals surface area contributed by atoms with Crippen LogP contribution in [0.4, 0.5) is 24.5 Å². The fourth-order valence-electron chi connectivity index (χ4n) is 15.8. The predicted molar refractivity (Wildman–Crippen MR) is 394 cm³/mol. The maximum Gasteiger partial charge on any atom is 0.501 e. The van der Waals surface area contributed by atoms with Crippen LogP contribution in [0.2, 0.25) is 0 Å². The molecule has 12 rings (SSSR count). The number of piperazine rings is 2. The van der Waals surface area contributed by atoms with Crippen LogP contribution in [-0.4, -0.2) is 172 Å². The molecule has 3 aliphatic heterocycles. The molecule has 19 nitrogen and oxygen atoms in total. The smallest absolute Gasteiger partial charge is 0.380 e. The Morgan fingerprint density at radius 1 is 0.804 bits per heavy atom. The molecule has 102 heavy (non-hydrogen) atoms.